The van der Waals surface area contributed by atoms with Crippen molar-refractivity contribution in [3.05, 3.63) is 72.9 Å². The zero-order valence-electron chi connectivity index (χ0n) is 42.7. The lowest BCUT2D eigenvalue weighted by Crippen LogP contribution is -2.30. The third-order valence-corrected chi connectivity index (χ3v) is 11.7. The Labute approximate surface area is 402 Å². The maximum absolute atomic E-state index is 12.8. The molecule has 0 radical (unpaired) electrons. The fourth-order valence-corrected chi connectivity index (χ4v) is 7.58. The minimum Gasteiger partial charge on any atom is -0.462 e. The molecule has 374 valence electrons. The molecule has 0 bridgehead atoms. The molecule has 6 heteroatoms. The normalized spacial score (nSPS) is 12.6. The van der Waals surface area contributed by atoms with Crippen molar-refractivity contribution >= 4 is 17.9 Å². The fourth-order valence-electron chi connectivity index (χ4n) is 7.58. The molecule has 0 aliphatic heterocycles. The smallest absolute Gasteiger partial charge is 0.306 e. The average molecular weight is 907 g/mol. The first-order chi connectivity index (χ1) is 32.0. The summed E-state index contributed by atoms with van der Waals surface area (Å²) in [4.78, 5) is 37.9. The van der Waals surface area contributed by atoms with Gasteiger partial charge in [-0.2, -0.15) is 0 Å². The van der Waals surface area contributed by atoms with Gasteiger partial charge in [0.2, 0.25) is 0 Å². The molecule has 0 aliphatic rings. The van der Waals surface area contributed by atoms with Gasteiger partial charge < -0.3 is 14.2 Å². The van der Waals surface area contributed by atoms with Crippen molar-refractivity contribution in [2.24, 2.45) is 0 Å². The van der Waals surface area contributed by atoms with Crippen molar-refractivity contribution in [2.75, 3.05) is 13.2 Å². The molecule has 0 spiro atoms. The molecule has 1 atom stereocenters. The third-order valence-electron chi connectivity index (χ3n) is 11.7. The van der Waals surface area contributed by atoms with Gasteiger partial charge in [-0.05, 0) is 89.9 Å². The number of unbranched alkanes of at least 4 members (excludes halogenated alkanes) is 26. The van der Waals surface area contributed by atoms with E-state index in [1.54, 1.807) is 0 Å². The predicted octanol–water partition coefficient (Wildman–Crippen LogP) is 18.2. The van der Waals surface area contributed by atoms with Crippen molar-refractivity contribution in [1.82, 2.24) is 0 Å². The maximum Gasteiger partial charge on any atom is 0.306 e. The zero-order valence-corrected chi connectivity index (χ0v) is 42.7. The minimum atomic E-state index is -0.782. The standard InChI is InChI=1S/C59H102O6/c1-4-7-10-13-16-18-20-22-24-26-28-29-31-32-34-36-38-40-43-46-49-52-58(61)64-55-56(54-63-57(60)51-48-45-42-15-12-9-6-3)65-59(62)53-50-47-44-41-39-37-35-33-30-27-25-23-21-19-17-14-11-8-5-2/h8,11,17,19-20,22-23,25-26,28,30,33,56H,4-7,9-10,12-16,18,21,24,27,29,31-32,34-55H2,1-3H3/b11-8-,19-17-,22-20-,25-23-,28-26-,33-30-. The fraction of sp³-hybridized carbons (Fsp3) is 0.746. The van der Waals surface area contributed by atoms with Crippen LogP contribution in [0.15, 0.2) is 72.9 Å². The van der Waals surface area contributed by atoms with E-state index in [4.69, 9.17) is 14.2 Å². The van der Waals surface area contributed by atoms with Crippen LogP contribution in [0.2, 0.25) is 0 Å². The lowest BCUT2D eigenvalue weighted by atomic mass is 10.1. The summed E-state index contributed by atoms with van der Waals surface area (Å²) >= 11 is 0. The van der Waals surface area contributed by atoms with Gasteiger partial charge in [0.25, 0.3) is 0 Å². The predicted molar refractivity (Wildman–Crippen MR) is 279 cm³/mol. The van der Waals surface area contributed by atoms with Gasteiger partial charge in [0, 0.05) is 19.3 Å². The third kappa shape index (κ3) is 51.7. The molecule has 0 aromatic rings. The monoisotopic (exact) mass is 907 g/mol. The summed E-state index contributed by atoms with van der Waals surface area (Å²) in [7, 11) is 0. The topological polar surface area (TPSA) is 78.9 Å². The van der Waals surface area contributed by atoms with Crippen LogP contribution in [0, 0.1) is 0 Å². The average Bonchev–Trinajstić information content (AvgIpc) is 3.30. The van der Waals surface area contributed by atoms with Crippen LogP contribution in [0.3, 0.4) is 0 Å². The number of hydrogen-bond donors (Lipinski definition) is 0. The Morgan fingerprint density at radius 1 is 0.323 bits per heavy atom. The maximum atomic E-state index is 12.8. The van der Waals surface area contributed by atoms with Crippen molar-refractivity contribution in [2.45, 2.75) is 271 Å². The first kappa shape index (κ1) is 61.9. The summed E-state index contributed by atoms with van der Waals surface area (Å²) < 4.78 is 16.8. The highest BCUT2D eigenvalue weighted by atomic mass is 16.6. The van der Waals surface area contributed by atoms with Crippen molar-refractivity contribution < 1.29 is 28.6 Å². The van der Waals surface area contributed by atoms with Crippen LogP contribution in [-0.4, -0.2) is 37.2 Å². The van der Waals surface area contributed by atoms with Crippen molar-refractivity contribution in [3.8, 4) is 0 Å². The molecule has 65 heavy (non-hydrogen) atoms. The number of rotatable bonds is 49. The molecule has 0 saturated carbocycles. The van der Waals surface area contributed by atoms with Gasteiger partial charge in [0.15, 0.2) is 6.10 Å². The summed E-state index contributed by atoms with van der Waals surface area (Å²) in [6, 6.07) is 0. The Morgan fingerprint density at radius 2 is 0.600 bits per heavy atom. The summed E-state index contributed by atoms with van der Waals surface area (Å²) in [5, 5.41) is 0. The molecule has 0 aliphatic carbocycles. The SMILES string of the molecule is CC/C=C\C/C=C\C/C=C\C/C=C\CCCCCCCCC(=O)OC(COC(=O)CCCCCCCCC)COC(=O)CCCCCCCCCCC/C=C\C/C=C\CCCCCCC. The number of esters is 3. The first-order valence-corrected chi connectivity index (χ1v) is 27.4. The van der Waals surface area contributed by atoms with E-state index in [9.17, 15) is 14.4 Å². The highest BCUT2D eigenvalue weighted by molar-refractivity contribution is 5.71. The van der Waals surface area contributed by atoms with E-state index in [-0.39, 0.29) is 31.1 Å². The van der Waals surface area contributed by atoms with Crippen molar-refractivity contribution in [1.29, 1.82) is 0 Å². The van der Waals surface area contributed by atoms with E-state index in [2.05, 4.69) is 93.7 Å². The Balaban J connectivity index is 4.25. The van der Waals surface area contributed by atoms with Gasteiger partial charge in [-0.15, -0.1) is 0 Å². The van der Waals surface area contributed by atoms with Crippen LogP contribution in [0.4, 0.5) is 0 Å². The van der Waals surface area contributed by atoms with E-state index in [1.807, 2.05) is 0 Å². The molecule has 1 unspecified atom stereocenters. The minimum absolute atomic E-state index is 0.0821. The van der Waals surface area contributed by atoms with Crippen LogP contribution in [0.5, 0.6) is 0 Å². The largest absolute Gasteiger partial charge is 0.462 e. The molecule has 0 saturated heterocycles. The molecular weight excluding hydrogens is 805 g/mol. The van der Waals surface area contributed by atoms with Gasteiger partial charge >= 0.3 is 17.9 Å². The highest BCUT2D eigenvalue weighted by Crippen LogP contribution is 2.15. The van der Waals surface area contributed by atoms with Crippen LogP contribution in [0.25, 0.3) is 0 Å². The summed E-state index contributed by atoms with van der Waals surface area (Å²) in [6.07, 6.45) is 67.6. The molecule has 0 rings (SSSR count). The first-order valence-electron chi connectivity index (χ1n) is 27.4. The van der Waals surface area contributed by atoms with E-state index < -0.39 is 6.10 Å². The Bertz CT molecular complexity index is 1230. The summed E-state index contributed by atoms with van der Waals surface area (Å²) in [6.45, 7) is 6.47. The second-order valence-corrected chi connectivity index (χ2v) is 18.1. The summed E-state index contributed by atoms with van der Waals surface area (Å²) in [5.41, 5.74) is 0. The van der Waals surface area contributed by atoms with Gasteiger partial charge in [-0.3, -0.25) is 14.4 Å². The Hall–Kier alpha value is -3.15. The van der Waals surface area contributed by atoms with Crippen LogP contribution < -0.4 is 0 Å². The molecule has 0 amide bonds. The number of carbonyl (C=O) groups is 3. The quantitative estimate of drug-likeness (QED) is 0.0262. The van der Waals surface area contributed by atoms with Crippen LogP contribution in [-0.2, 0) is 28.6 Å². The van der Waals surface area contributed by atoms with Crippen LogP contribution in [0.1, 0.15) is 265 Å². The highest BCUT2D eigenvalue weighted by Gasteiger charge is 2.19. The number of ether oxygens (including phenoxy) is 3. The van der Waals surface area contributed by atoms with E-state index in [0.29, 0.717) is 19.3 Å². The van der Waals surface area contributed by atoms with Gasteiger partial charge in [-0.1, -0.05) is 229 Å². The number of allylic oxidation sites excluding steroid dienone is 12. The number of carbonyl (C=O) groups excluding carboxylic acids is 3. The lowest BCUT2D eigenvalue weighted by molar-refractivity contribution is -0.167. The van der Waals surface area contributed by atoms with Crippen molar-refractivity contribution in [3.63, 3.8) is 0 Å². The Kier molecular flexibility index (Phi) is 50.9. The molecule has 6 nitrogen and oxygen atoms in total. The van der Waals surface area contributed by atoms with E-state index in [0.717, 1.165) is 103 Å². The Morgan fingerprint density at radius 3 is 0.938 bits per heavy atom. The van der Waals surface area contributed by atoms with Crippen LogP contribution >= 0.6 is 0 Å². The molecule has 0 N–H and O–H groups in total. The van der Waals surface area contributed by atoms with E-state index in [1.165, 1.54) is 122 Å². The lowest BCUT2D eigenvalue weighted by Gasteiger charge is -2.18. The van der Waals surface area contributed by atoms with E-state index >= 15 is 0 Å². The molecule has 0 aromatic carbocycles. The van der Waals surface area contributed by atoms with Gasteiger partial charge in [0.05, 0.1) is 0 Å². The summed E-state index contributed by atoms with van der Waals surface area (Å²) in [5.74, 6) is -0.903. The second-order valence-electron chi connectivity index (χ2n) is 18.1. The molecule has 0 aromatic heterocycles. The van der Waals surface area contributed by atoms with Gasteiger partial charge in [-0.25, -0.2) is 0 Å². The molecule has 0 fully saturated rings. The second kappa shape index (κ2) is 53.5. The molecule has 0 heterocycles. The van der Waals surface area contributed by atoms with Gasteiger partial charge in [0.1, 0.15) is 13.2 Å². The number of hydrogen-bond acceptors (Lipinski definition) is 6. The zero-order chi connectivity index (χ0) is 47.2. The molecular formula is C59H102O6.